The molecule has 0 aromatic carbocycles. The fraction of sp³-hybridized carbons (Fsp3) is 1.00. The van der Waals surface area contributed by atoms with E-state index < -0.39 is 0 Å². The van der Waals surface area contributed by atoms with Crippen LogP contribution in [0.5, 0.6) is 0 Å². The van der Waals surface area contributed by atoms with Crippen molar-refractivity contribution in [1.29, 1.82) is 0 Å². The number of rotatable bonds is 8. The SMILES string of the molecule is CC(C)OCCCCNC1CCN(C(C)C)CC1. The van der Waals surface area contributed by atoms with Crippen molar-refractivity contribution in [2.45, 2.75) is 71.6 Å². The molecule has 1 saturated heterocycles. The van der Waals surface area contributed by atoms with Crippen molar-refractivity contribution in [2.75, 3.05) is 26.2 Å². The zero-order valence-electron chi connectivity index (χ0n) is 12.7. The zero-order chi connectivity index (χ0) is 13.4. The maximum absolute atomic E-state index is 5.54. The molecule has 0 bridgehead atoms. The number of unbranched alkanes of at least 4 members (excludes halogenated alkanes) is 1. The third-order valence-electron chi connectivity index (χ3n) is 3.72. The molecule has 1 aliphatic heterocycles. The molecule has 18 heavy (non-hydrogen) atoms. The fourth-order valence-electron chi connectivity index (χ4n) is 2.47. The van der Waals surface area contributed by atoms with Crippen LogP contribution in [0.15, 0.2) is 0 Å². The molecular formula is C15H32N2O. The second-order valence-corrected chi connectivity index (χ2v) is 5.98. The van der Waals surface area contributed by atoms with Gasteiger partial charge < -0.3 is 15.0 Å². The molecule has 0 atom stereocenters. The molecular weight excluding hydrogens is 224 g/mol. The summed E-state index contributed by atoms with van der Waals surface area (Å²) in [4.78, 5) is 2.58. The number of hydrogen-bond donors (Lipinski definition) is 1. The van der Waals surface area contributed by atoms with Gasteiger partial charge in [-0.1, -0.05) is 0 Å². The monoisotopic (exact) mass is 256 g/mol. The Kier molecular flexibility index (Phi) is 7.87. The second kappa shape index (κ2) is 8.89. The van der Waals surface area contributed by atoms with E-state index in [1.807, 2.05) is 0 Å². The van der Waals surface area contributed by atoms with Gasteiger partial charge in [0.2, 0.25) is 0 Å². The maximum Gasteiger partial charge on any atom is 0.0518 e. The summed E-state index contributed by atoms with van der Waals surface area (Å²) in [6.07, 6.45) is 5.40. The molecule has 1 fully saturated rings. The topological polar surface area (TPSA) is 24.5 Å². The molecule has 0 radical (unpaired) electrons. The molecule has 1 heterocycles. The van der Waals surface area contributed by atoms with Gasteiger partial charge >= 0.3 is 0 Å². The maximum atomic E-state index is 5.54. The minimum atomic E-state index is 0.373. The number of ether oxygens (including phenoxy) is 1. The second-order valence-electron chi connectivity index (χ2n) is 5.98. The Bertz CT molecular complexity index is 199. The predicted molar refractivity (Wildman–Crippen MR) is 78.1 cm³/mol. The Morgan fingerprint density at radius 2 is 1.78 bits per heavy atom. The molecule has 0 spiro atoms. The van der Waals surface area contributed by atoms with E-state index in [0.29, 0.717) is 12.1 Å². The van der Waals surface area contributed by atoms with Crippen LogP contribution < -0.4 is 5.32 Å². The number of piperidine rings is 1. The van der Waals surface area contributed by atoms with E-state index in [1.165, 1.54) is 38.8 Å². The first-order valence-corrected chi connectivity index (χ1v) is 7.68. The van der Waals surface area contributed by atoms with Gasteiger partial charge in [0.1, 0.15) is 0 Å². The summed E-state index contributed by atoms with van der Waals surface area (Å²) in [5.41, 5.74) is 0. The van der Waals surface area contributed by atoms with Gasteiger partial charge in [0.25, 0.3) is 0 Å². The summed E-state index contributed by atoms with van der Waals surface area (Å²) >= 11 is 0. The van der Waals surface area contributed by atoms with Gasteiger partial charge in [-0.25, -0.2) is 0 Å². The first-order valence-electron chi connectivity index (χ1n) is 7.68. The molecule has 0 unspecified atom stereocenters. The normalized spacial score (nSPS) is 19.0. The fourth-order valence-corrected chi connectivity index (χ4v) is 2.47. The van der Waals surface area contributed by atoms with Crippen LogP contribution in [0.2, 0.25) is 0 Å². The van der Waals surface area contributed by atoms with Crippen LogP contribution in [0.25, 0.3) is 0 Å². The Labute approximate surface area is 113 Å². The van der Waals surface area contributed by atoms with E-state index in [0.717, 1.165) is 19.2 Å². The molecule has 1 N–H and O–H groups in total. The lowest BCUT2D eigenvalue weighted by atomic mass is 10.0. The molecule has 3 heteroatoms. The smallest absolute Gasteiger partial charge is 0.0518 e. The molecule has 1 aliphatic rings. The first kappa shape index (κ1) is 15.9. The Morgan fingerprint density at radius 3 is 2.33 bits per heavy atom. The van der Waals surface area contributed by atoms with Crippen LogP contribution in [0, 0.1) is 0 Å². The average Bonchev–Trinajstić information content (AvgIpc) is 2.34. The Hall–Kier alpha value is -0.120. The first-order chi connectivity index (χ1) is 8.59. The van der Waals surface area contributed by atoms with Gasteiger partial charge in [-0.15, -0.1) is 0 Å². The number of nitrogens with one attached hydrogen (secondary N) is 1. The van der Waals surface area contributed by atoms with Crippen molar-refractivity contribution in [1.82, 2.24) is 10.2 Å². The Balaban J connectivity index is 1.95. The van der Waals surface area contributed by atoms with E-state index in [1.54, 1.807) is 0 Å². The van der Waals surface area contributed by atoms with E-state index in [9.17, 15) is 0 Å². The van der Waals surface area contributed by atoms with E-state index in [4.69, 9.17) is 4.74 Å². The minimum Gasteiger partial charge on any atom is -0.379 e. The van der Waals surface area contributed by atoms with Gasteiger partial charge in [0.05, 0.1) is 6.10 Å². The lowest BCUT2D eigenvalue weighted by Crippen LogP contribution is -2.45. The highest BCUT2D eigenvalue weighted by molar-refractivity contribution is 4.78. The van der Waals surface area contributed by atoms with Crippen LogP contribution in [0.4, 0.5) is 0 Å². The average molecular weight is 256 g/mol. The highest BCUT2D eigenvalue weighted by atomic mass is 16.5. The zero-order valence-corrected chi connectivity index (χ0v) is 12.7. The molecule has 0 saturated carbocycles. The van der Waals surface area contributed by atoms with Crippen LogP contribution in [-0.4, -0.2) is 49.3 Å². The summed E-state index contributed by atoms with van der Waals surface area (Å²) < 4.78 is 5.54. The summed E-state index contributed by atoms with van der Waals surface area (Å²) in [5, 5.41) is 3.69. The summed E-state index contributed by atoms with van der Waals surface area (Å²) in [7, 11) is 0. The van der Waals surface area contributed by atoms with Crippen molar-refractivity contribution >= 4 is 0 Å². The largest absolute Gasteiger partial charge is 0.379 e. The number of hydrogen-bond acceptors (Lipinski definition) is 3. The van der Waals surface area contributed by atoms with Crippen molar-refractivity contribution in [3.05, 3.63) is 0 Å². The molecule has 108 valence electrons. The van der Waals surface area contributed by atoms with E-state index in [-0.39, 0.29) is 0 Å². The van der Waals surface area contributed by atoms with Crippen LogP contribution in [-0.2, 0) is 4.74 Å². The predicted octanol–water partition coefficient (Wildman–Crippen LogP) is 2.65. The van der Waals surface area contributed by atoms with Crippen molar-refractivity contribution in [3.63, 3.8) is 0 Å². The van der Waals surface area contributed by atoms with Gasteiger partial charge in [-0.2, -0.15) is 0 Å². The molecule has 0 aromatic heterocycles. The standard InChI is InChI=1S/C15H32N2O/c1-13(2)17-10-7-15(8-11-17)16-9-5-6-12-18-14(3)4/h13-16H,5-12H2,1-4H3. The third kappa shape index (κ3) is 6.72. The molecule has 0 amide bonds. The van der Waals surface area contributed by atoms with Crippen molar-refractivity contribution in [2.24, 2.45) is 0 Å². The molecule has 1 rings (SSSR count). The van der Waals surface area contributed by atoms with Crippen LogP contribution in [0.1, 0.15) is 53.4 Å². The number of nitrogens with zero attached hydrogens (tertiary/aromatic N) is 1. The van der Waals surface area contributed by atoms with Crippen molar-refractivity contribution < 1.29 is 4.74 Å². The summed E-state index contributed by atoms with van der Waals surface area (Å²) in [5.74, 6) is 0. The highest BCUT2D eigenvalue weighted by Gasteiger charge is 2.19. The lowest BCUT2D eigenvalue weighted by molar-refractivity contribution is 0.0757. The van der Waals surface area contributed by atoms with Gasteiger partial charge in [0.15, 0.2) is 0 Å². The highest BCUT2D eigenvalue weighted by Crippen LogP contribution is 2.12. The van der Waals surface area contributed by atoms with Crippen LogP contribution in [0.3, 0.4) is 0 Å². The minimum absolute atomic E-state index is 0.373. The lowest BCUT2D eigenvalue weighted by Gasteiger charge is -2.35. The van der Waals surface area contributed by atoms with Gasteiger partial charge in [-0.3, -0.25) is 0 Å². The quantitative estimate of drug-likeness (QED) is 0.676. The van der Waals surface area contributed by atoms with Gasteiger partial charge in [0, 0.05) is 18.7 Å². The summed E-state index contributed by atoms with van der Waals surface area (Å²) in [6, 6.07) is 1.45. The van der Waals surface area contributed by atoms with Crippen molar-refractivity contribution in [3.8, 4) is 0 Å². The molecule has 3 nitrogen and oxygen atoms in total. The molecule has 0 aromatic rings. The van der Waals surface area contributed by atoms with Gasteiger partial charge in [-0.05, 0) is 73.0 Å². The number of likely N-dealkylation sites (tertiary alicyclic amines) is 1. The summed E-state index contributed by atoms with van der Waals surface area (Å²) in [6.45, 7) is 13.4. The van der Waals surface area contributed by atoms with E-state index >= 15 is 0 Å². The molecule has 0 aliphatic carbocycles. The Morgan fingerprint density at radius 1 is 1.11 bits per heavy atom. The van der Waals surface area contributed by atoms with E-state index in [2.05, 4.69) is 37.9 Å². The third-order valence-corrected chi connectivity index (χ3v) is 3.72. The van der Waals surface area contributed by atoms with Crippen LogP contribution >= 0.6 is 0 Å².